The Balaban J connectivity index is 1.63. The van der Waals surface area contributed by atoms with Crippen molar-refractivity contribution < 1.29 is 23.8 Å². The van der Waals surface area contributed by atoms with Gasteiger partial charge in [-0.1, -0.05) is 54.1 Å². The molecule has 2 atom stereocenters. The van der Waals surface area contributed by atoms with Gasteiger partial charge in [0.05, 0.1) is 30.2 Å². The molecule has 1 aliphatic heterocycles. The number of rotatable bonds is 7. The molecule has 1 aliphatic rings. The first-order valence-electron chi connectivity index (χ1n) is 10.6. The third-order valence-corrected chi connectivity index (χ3v) is 5.33. The van der Waals surface area contributed by atoms with E-state index in [4.69, 9.17) is 25.8 Å². The topological polar surface area (TPSA) is 85.9 Å². The van der Waals surface area contributed by atoms with Crippen LogP contribution in [0.25, 0.3) is 0 Å². The number of hydrogen-bond acceptors (Lipinski definition) is 5. The van der Waals surface area contributed by atoms with Crippen molar-refractivity contribution in [1.29, 1.82) is 0 Å². The molecule has 172 valence electrons. The van der Waals surface area contributed by atoms with Crippen molar-refractivity contribution in [3.05, 3.63) is 70.7 Å². The SMILES string of the molecule is CC1(C)OCCO[C@H](CNC(=O)c2ccccc2Cl)[C@H](CNC(=O)Cc2ccccc2)O1. The van der Waals surface area contributed by atoms with Crippen LogP contribution in [0.1, 0.15) is 29.8 Å². The lowest BCUT2D eigenvalue weighted by Gasteiger charge is -2.37. The maximum absolute atomic E-state index is 12.6. The minimum Gasteiger partial charge on any atom is -0.371 e. The van der Waals surface area contributed by atoms with E-state index in [1.807, 2.05) is 44.2 Å². The van der Waals surface area contributed by atoms with Crippen molar-refractivity contribution in [2.45, 2.75) is 38.3 Å². The smallest absolute Gasteiger partial charge is 0.252 e. The van der Waals surface area contributed by atoms with E-state index in [-0.39, 0.29) is 31.3 Å². The summed E-state index contributed by atoms with van der Waals surface area (Å²) < 4.78 is 17.7. The van der Waals surface area contributed by atoms with E-state index in [1.165, 1.54) is 0 Å². The fraction of sp³-hybridized carbons (Fsp3) is 0.417. The Labute approximate surface area is 193 Å². The molecule has 0 unspecified atom stereocenters. The average molecular weight is 461 g/mol. The van der Waals surface area contributed by atoms with Crippen LogP contribution < -0.4 is 10.6 Å². The summed E-state index contributed by atoms with van der Waals surface area (Å²) in [6.45, 7) is 4.74. The molecule has 0 radical (unpaired) electrons. The summed E-state index contributed by atoms with van der Waals surface area (Å²) >= 11 is 6.12. The maximum atomic E-state index is 12.6. The zero-order chi connectivity index (χ0) is 23.0. The van der Waals surface area contributed by atoms with Gasteiger partial charge in [0, 0.05) is 13.1 Å². The number of halogens is 1. The molecule has 1 heterocycles. The molecule has 2 amide bonds. The van der Waals surface area contributed by atoms with Crippen LogP contribution in [0.15, 0.2) is 54.6 Å². The number of hydrogen-bond donors (Lipinski definition) is 2. The zero-order valence-corrected chi connectivity index (χ0v) is 19.1. The van der Waals surface area contributed by atoms with Gasteiger partial charge in [-0.05, 0) is 31.5 Å². The molecule has 3 rings (SSSR count). The molecule has 32 heavy (non-hydrogen) atoms. The van der Waals surface area contributed by atoms with Crippen molar-refractivity contribution in [1.82, 2.24) is 10.6 Å². The van der Waals surface area contributed by atoms with Gasteiger partial charge in [0.25, 0.3) is 5.91 Å². The van der Waals surface area contributed by atoms with Gasteiger partial charge in [-0.15, -0.1) is 0 Å². The van der Waals surface area contributed by atoms with Gasteiger partial charge < -0.3 is 24.8 Å². The Morgan fingerprint density at radius 1 is 0.969 bits per heavy atom. The van der Waals surface area contributed by atoms with Gasteiger partial charge in [0.1, 0.15) is 12.2 Å². The Hall–Kier alpha value is -2.45. The van der Waals surface area contributed by atoms with Crippen molar-refractivity contribution in [2.24, 2.45) is 0 Å². The normalized spacial score (nSPS) is 20.6. The molecule has 0 bridgehead atoms. The highest BCUT2D eigenvalue weighted by Gasteiger charge is 2.33. The van der Waals surface area contributed by atoms with Gasteiger partial charge in [0.2, 0.25) is 5.91 Å². The predicted octanol–water partition coefficient (Wildman–Crippen LogP) is 2.97. The van der Waals surface area contributed by atoms with Crippen molar-refractivity contribution in [2.75, 3.05) is 26.3 Å². The van der Waals surface area contributed by atoms with Gasteiger partial charge >= 0.3 is 0 Å². The highest BCUT2D eigenvalue weighted by molar-refractivity contribution is 6.33. The fourth-order valence-electron chi connectivity index (χ4n) is 3.42. The number of benzene rings is 2. The van der Waals surface area contributed by atoms with E-state index in [9.17, 15) is 9.59 Å². The lowest BCUT2D eigenvalue weighted by molar-refractivity contribution is -0.277. The molecule has 0 saturated carbocycles. The first kappa shape index (κ1) is 24.2. The minimum atomic E-state index is -0.858. The molecule has 2 aromatic carbocycles. The Morgan fingerprint density at radius 3 is 2.41 bits per heavy atom. The molecule has 0 aromatic heterocycles. The number of ether oxygens (including phenoxy) is 3. The maximum Gasteiger partial charge on any atom is 0.252 e. The number of amides is 2. The third kappa shape index (κ3) is 7.31. The van der Waals surface area contributed by atoms with Crippen LogP contribution in [-0.4, -0.2) is 56.1 Å². The Kier molecular flexibility index (Phi) is 8.64. The first-order chi connectivity index (χ1) is 15.3. The van der Waals surface area contributed by atoms with Crippen LogP contribution >= 0.6 is 11.6 Å². The van der Waals surface area contributed by atoms with Crippen LogP contribution in [0.2, 0.25) is 5.02 Å². The van der Waals surface area contributed by atoms with Gasteiger partial charge in [-0.2, -0.15) is 0 Å². The molecule has 2 aromatic rings. The number of carbonyl (C=O) groups is 2. The fourth-order valence-corrected chi connectivity index (χ4v) is 3.65. The van der Waals surface area contributed by atoms with Crippen molar-refractivity contribution in [3.63, 3.8) is 0 Å². The van der Waals surface area contributed by atoms with Crippen LogP contribution in [0.4, 0.5) is 0 Å². The lowest BCUT2D eigenvalue weighted by atomic mass is 10.1. The van der Waals surface area contributed by atoms with E-state index < -0.39 is 18.0 Å². The van der Waals surface area contributed by atoms with Crippen molar-refractivity contribution in [3.8, 4) is 0 Å². The van der Waals surface area contributed by atoms with E-state index in [2.05, 4.69) is 10.6 Å². The summed E-state index contributed by atoms with van der Waals surface area (Å²) in [6, 6.07) is 16.3. The first-order valence-corrected chi connectivity index (χ1v) is 11.0. The van der Waals surface area contributed by atoms with Crippen LogP contribution in [0, 0.1) is 0 Å². The van der Waals surface area contributed by atoms with E-state index in [0.717, 1.165) is 5.56 Å². The number of nitrogens with one attached hydrogen (secondary N) is 2. The lowest BCUT2D eigenvalue weighted by Crippen LogP contribution is -2.52. The van der Waals surface area contributed by atoms with Crippen LogP contribution in [0.3, 0.4) is 0 Å². The van der Waals surface area contributed by atoms with E-state index in [1.54, 1.807) is 24.3 Å². The second-order valence-electron chi connectivity index (χ2n) is 7.97. The van der Waals surface area contributed by atoms with E-state index >= 15 is 0 Å². The molecule has 0 aliphatic carbocycles. The zero-order valence-electron chi connectivity index (χ0n) is 18.3. The monoisotopic (exact) mass is 460 g/mol. The quantitative estimate of drug-likeness (QED) is 0.663. The average Bonchev–Trinajstić information content (AvgIpc) is 2.76. The Bertz CT molecular complexity index is 906. The van der Waals surface area contributed by atoms with Crippen LogP contribution in [-0.2, 0) is 25.4 Å². The summed E-state index contributed by atoms with van der Waals surface area (Å²) in [5, 5.41) is 6.15. The summed E-state index contributed by atoms with van der Waals surface area (Å²) in [4.78, 5) is 25.0. The standard InChI is InChI=1S/C24H29ClN2O5/c1-24(2)31-13-12-30-20(15-27-23(29)18-10-6-7-11-19(18)25)21(32-24)16-26-22(28)14-17-8-4-3-5-9-17/h3-11,20-21H,12-16H2,1-2H3,(H,26,28)(H,27,29)/t20-,21+/m1/s1. The summed E-state index contributed by atoms with van der Waals surface area (Å²) in [5.41, 5.74) is 1.31. The third-order valence-electron chi connectivity index (χ3n) is 5.00. The number of carbonyl (C=O) groups excluding carboxylic acids is 2. The summed E-state index contributed by atoms with van der Waals surface area (Å²) in [7, 11) is 0. The molecular formula is C24H29ClN2O5. The van der Waals surface area contributed by atoms with Gasteiger partial charge in [0.15, 0.2) is 5.79 Å². The molecular weight excluding hydrogens is 432 g/mol. The van der Waals surface area contributed by atoms with Gasteiger partial charge in [-0.3, -0.25) is 9.59 Å². The highest BCUT2D eigenvalue weighted by atomic mass is 35.5. The summed E-state index contributed by atoms with van der Waals surface area (Å²) in [5.74, 6) is -1.29. The van der Waals surface area contributed by atoms with Gasteiger partial charge in [-0.25, -0.2) is 0 Å². The van der Waals surface area contributed by atoms with Crippen LogP contribution in [0.5, 0.6) is 0 Å². The Morgan fingerprint density at radius 2 is 1.66 bits per heavy atom. The molecule has 7 nitrogen and oxygen atoms in total. The highest BCUT2D eigenvalue weighted by Crippen LogP contribution is 2.20. The van der Waals surface area contributed by atoms with E-state index in [0.29, 0.717) is 23.8 Å². The molecule has 1 saturated heterocycles. The summed E-state index contributed by atoms with van der Waals surface area (Å²) in [6.07, 6.45) is -0.749. The second-order valence-corrected chi connectivity index (χ2v) is 8.38. The second kappa shape index (κ2) is 11.4. The molecule has 8 heteroatoms. The molecule has 1 fully saturated rings. The molecule has 2 N–H and O–H groups in total. The minimum absolute atomic E-state index is 0.126. The molecule has 0 spiro atoms. The predicted molar refractivity (Wildman–Crippen MR) is 122 cm³/mol. The largest absolute Gasteiger partial charge is 0.371 e. The van der Waals surface area contributed by atoms with Crippen molar-refractivity contribution >= 4 is 23.4 Å².